The van der Waals surface area contributed by atoms with Crippen LogP contribution >= 0.6 is 0 Å². The van der Waals surface area contributed by atoms with Crippen LogP contribution in [0.15, 0.2) is 12.3 Å². The van der Waals surface area contributed by atoms with Crippen molar-refractivity contribution in [2.45, 2.75) is 38.8 Å². The van der Waals surface area contributed by atoms with E-state index in [1.807, 2.05) is 12.3 Å². The molecule has 2 atom stereocenters. The van der Waals surface area contributed by atoms with Crippen molar-refractivity contribution in [2.24, 2.45) is 11.7 Å². The first-order valence-corrected chi connectivity index (χ1v) is 6.94. The van der Waals surface area contributed by atoms with Crippen LogP contribution in [0.4, 0.5) is 5.82 Å². The van der Waals surface area contributed by atoms with Crippen molar-refractivity contribution in [3.8, 4) is 0 Å². The van der Waals surface area contributed by atoms with Crippen molar-refractivity contribution >= 4 is 5.82 Å². The molecule has 102 valence electrons. The number of rotatable bonds is 7. The topological polar surface area (TPSA) is 67.9 Å². The lowest BCUT2D eigenvalue weighted by atomic mass is 10.00. The zero-order valence-electron chi connectivity index (χ0n) is 11.4. The van der Waals surface area contributed by atoms with Crippen LogP contribution in [0.2, 0.25) is 0 Å². The minimum absolute atomic E-state index is 0.211. The number of nitrogens with two attached hydrogens (primary N) is 1. The molecule has 2 unspecified atom stereocenters. The van der Waals surface area contributed by atoms with Gasteiger partial charge in [0.1, 0.15) is 5.82 Å². The first kappa shape index (κ1) is 13.4. The maximum absolute atomic E-state index is 6.13. The van der Waals surface area contributed by atoms with E-state index in [4.69, 9.17) is 5.73 Å². The lowest BCUT2D eigenvalue weighted by Crippen LogP contribution is -2.44. The lowest BCUT2D eigenvalue weighted by Gasteiger charge is -2.29. The summed E-state index contributed by atoms with van der Waals surface area (Å²) >= 11 is 0. The van der Waals surface area contributed by atoms with Crippen LogP contribution in [0.25, 0.3) is 0 Å². The summed E-state index contributed by atoms with van der Waals surface area (Å²) in [5.74, 6) is 1.78. The molecule has 5 heteroatoms. The maximum atomic E-state index is 6.13. The van der Waals surface area contributed by atoms with Gasteiger partial charge in [0.05, 0.1) is 12.2 Å². The molecule has 0 bridgehead atoms. The van der Waals surface area contributed by atoms with Crippen LogP contribution < -0.4 is 16.4 Å². The summed E-state index contributed by atoms with van der Waals surface area (Å²) in [5.41, 5.74) is 6.13. The number of hydrogen-bond donors (Lipinski definition) is 3. The first-order valence-electron chi connectivity index (χ1n) is 6.94. The predicted molar refractivity (Wildman–Crippen MR) is 74.7 cm³/mol. The van der Waals surface area contributed by atoms with Crippen molar-refractivity contribution in [3.63, 3.8) is 0 Å². The molecule has 0 amide bonds. The summed E-state index contributed by atoms with van der Waals surface area (Å²) < 4.78 is 2.06. The van der Waals surface area contributed by atoms with Gasteiger partial charge in [-0.1, -0.05) is 20.3 Å². The standard InChI is InChI=1S/C13H25N5/c1-3-10(2)6-11(14)7-16-13-4-5-17-18(13)12-8-15-9-12/h4-5,10-12,15-16H,3,6-9,14H2,1-2H3. The molecule has 0 saturated carbocycles. The van der Waals surface area contributed by atoms with E-state index >= 15 is 0 Å². The molecule has 4 N–H and O–H groups in total. The van der Waals surface area contributed by atoms with E-state index in [9.17, 15) is 0 Å². The second-order valence-corrected chi connectivity index (χ2v) is 5.36. The highest BCUT2D eigenvalue weighted by Crippen LogP contribution is 2.17. The average molecular weight is 251 g/mol. The molecule has 1 aromatic rings. The molecule has 0 aliphatic carbocycles. The number of nitrogens with one attached hydrogen (secondary N) is 2. The fourth-order valence-electron chi connectivity index (χ4n) is 2.19. The minimum Gasteiger partial charge on any atom is -0.369 e. The smallest absolute Gasteiger partial charge is 0.124 e. The van der Waals surface area contributed by atoms with E-state index in [1.165, 1.54) is 6.42 Å². The Balaban J connectivity index is 1.80. The SMILES string of the molecule is CCC(C)CC(N)CNc1ccnn1C1CNC1. The Bertz CT molecular complexity index is 358. The van der Waals surface area contributed by atoms with E-state index in [0.717, 1.165) is 31.9 Å². The highest BCUT2D eigenvalue weighted by molar-refractivity contribution is 5.35. The zero-order valence-corrected chi connectivity index (χ0v) is 11.4. The molecular formula is C13H25N5. The molecule has 2 rings (SSSR count). The third kappa shape index (κ3) is 3.23. The fraction of sp³-hybridized carbons (Fsp3) is 0.769. The molecule has 1 aromatic heterocycles. The van der Waals surface area contributed by atoms with Crippen LogP contribution in [0.3, 0.4) is 0 Å². The Morgan fingerprint density at radius 1 is 1.61 bits per heavy atom. The molecule has 1 fully saturated rings. The first-order chi connectivity index (χ1) is 8.70. The summed E-state index contributed by atoms with van der Waals surface area (Å²) in [4.78, 5) is 0. The second-order valence-electron chi connectivity index (χ2n) is 5.36. The normalized spacial score (nSPS) is 19.3. The Morgan fingerprint density at radius 3 is 3.00 bits per heavy atom. The van der Waals surface area contributed by atoms with E-state index in [-0.39, 0.29) is 6.04 Å². The van der Waals surface area contributed by atoms with Gasteiger partial charge in [-0.3, -0.25) is 0 Å². The highest BCUT2D eigenvalue weighted by atomic mass is 15.4. The van der Waals surface area contributed by atoms with Gasteiger partial charge in [-0.2, -0.15) is 5.10 Å². The van der Waals surface area contributed by atoms with Crippen LogP contribution in [0.1, 0.15) is 32.7 Å². The number of nitrogens with zero attached hydrogens (tertiary/aromatic N) is 2. The summed E-state index contributed by atoms with van der Waals surface area (Å²) in [6.07, 6.45) is 4.11. The summed E-state index contributed by atoms with van der Waals surface area (Å²) in [7, 11) is 0. The molecule has 1 saturated heterocycles. The lowest BCUT2D eigenvalue weighted by molar-refractivity contribution is 0.321. The predicted octanol–water partition coefficient (Wildman–Crippen LogP) is 1.20. The van der Waals surface area contributed by atoms with Gasteiger partial charge in [0, 0.05) is 31.7 Å². The molecule has 2 heterocycles. The summed E-state index contributed by atoms with van der Waals surface area (Å²) in [6, 6.07) is 2.73. The Morgan fingerprint density at radius 2 is 2.39 bits per heavy atom. The largest absolute Gasteiger partial charge is 0.369 e. The summed E-state index contributed by atoms with van der Waals surface area (Å²) in [5, 5.41) is 11.0. The summed E-state index contributed by atoms with van der Waals surface area (Å²) in [6.45, 7) is 7.30. The van der Waals surface area contributed by atoms with Gasteiger partial charge in [0.15, 0.2) is 0 Å². The van der Waals surface area contributed by atoms with E-state index in [2.05, 4.69) is 34.3 Å². The monoisotopic (exact) mass is 251 g/mol. The van der Waals surface area contributed by atoms with Crippen LogP contribution in [0.5, 0.6) is 0 Å². The number of anilines is 1. The van der Waals surface area contributed by atoms with Gasteiger partial charge in [-0.25, -0.2) is 4.68 Å². The Labute approximate surface area is 109 Å². The van der Waals surface area contributed by atoms with Crippen LogP contribution in [-0.4, -0.2) is 35.5 Å². The zero-order chi connectivity index (χ0) is 13.0. The van der Waals surface area contributed by atoms with Crippen molar-refractivity contribution in [1.82, 2.24) is 15.1 Å². The second kappa shape index (κ2) is 6.20. The molecule has 1 aliphatic rings. The van der Waals surface area contributed by atoms with Gasteiger partial charge in [-0.15, -0.1) is 0 Å². The maximum Gasteiger partial charge on any atom is 0.124 e. The molecular weight excluding hydrogens is 226 g/mol. The molecule has 0 radical (unpaired) electrons. The quantitative estimate of drug-likeness (QED) is 0.681. The van der Waals surface area contributed by atoms with Crippen molar-refractivity contribution < 1.29 is 0 Å². The van der Waals surface area contributed by atoms with Gasteiger partial charge < -0.3 is 16.4 Å². The number of hydrogen-bond acceptors (Lipinski definition) is 4. The molecule has 0 aromatic carbocycles. The molecule has 1 aliphatic heterocycles. The third-order valence-electron chi connectivity index (χ3n) is 3.72. The molecule has 0 spiro atoms. The van der Waals surface area contributed by atoms with Gasteiger partial charge >= 0.3 is 0 Å². The minimum atomic E-state index is 0.211. The molecule has 18 heavy (non-hydrogen) atoms. The van der Waals surface area contributed by atoms with Gasteiger partial charge in [-0.05, 0) is 12.3 Å². The Kier molecular flexibility index (Phi) is 4.60. The van der Waals surface area contributed by atoms with Crippen molar-refractivity contribution in [2.75, 3.05) is 25.0 Å². The van der Waals surface area contributed by atoms with Crippen LogP contribution in [-0.2, 0) is 0 Å². The Hall–Kier alpha value is -1.07. The number of aromatic nitrogens is 2. The highest BCUT2D eigenvalue weighted by Gasteiger charge is 2.21. The van der Waals surface area contributed by atoms with E-state index < -0.39 is 0 Å². The van der Waals surface area contributed by atoms with Gasteiger partial charge in [0.2, 0.25) is 0 Å². The molecule has 5 nitrogen and oxygen atoms in total. The van der Waals surface area contributed by atoms with Crippen molar-refractivity contribution in [1.29, 1.82) is 0 Å². The van der Waals surface area contributed by atoms with Gasteiger partial charge in [0.25, 0.3) is 0 Å². The average Bonchev–Trinajstić information content (AvgIpc) is 2.72. The van der Waals surface area contributed by atoms with Crippen LogP contribution in [0, 0.1) is 5.92 Å². The van der Waals surface area contributed by atoms with Crippen molar-refractivity contribution in [3.05, 3.63) is 12.3 Å². The van der Waals surface area contributed by atoms with E-state index in [0.29, 0.717) is 12.0 Å². The third-order valence-corrected chi connectivity index (χ3v) is 3.72. The van der Waals surface area contributed by atoms with E-state index in [1.54, 1.807) is 0 Å². The fourth-order valence-corrected chi connectivity index (χ4v) is 2.19.